The predicted molar refractivity (Wildman–Crippen MR) is 51.3 cm³/mol. The molecule has 0 fully saturated rings. The molecule has 2 nitrogen and oxygen atoms in total. The second-order valence-electron chi connectivity index (χ2n) is 3.30. The van der Waals surface area contributed by atoms with Gasteiger partial charge in [-0.25, -0.2) is 5.43 Å². The highest BCUT2D eigenvalue weighted by Crippen LogP contribution is 2.25. The summed E-state index contributed by atoms with van der Waals surface area (Å²) in [5.74, 6) is 0. The Kier molecular flexibility index (Phi) is 1.77. The molecule has 1 aromatic carbocycles. The summed E-state index contributed by atoms with van der Waals surface area (Å²) in [6, 6.07) is 6.50. The Labute approximate surface area is 73.2 Å². The highest BCUT2D eigenvalue weighted by molar-refractivity contribution is 5.59. The van der Waals surface area contributed by atoms with E-state index in [9.17, 15) is 0 Å². The second-order valence-corrected chi connectivity index (χ2v) is 3.30. The molecule has 2 heteroatoms. The van der Waals surface area contributed by atoms with E-state index in [1.165, 1.54) is 16.8 Å². The van der Waals surface area contributed by atoms with Gasteiger partial charge in [-0.2, -0.15) is 0 Å². The number of hydrogen-bond acceptors (Lipinski definition) is 2. The van der Waals surface area contributed by atoms with E-state index in [1.54, 1.807) is 0 Å². The number of hydrazine groups is 1. The number of hydrogen-bond donors (Lipinski definition) is 1. The van der Waals surface area contributed by atoms with Gasteiger partial charge in [0.05, 0.1) is 5.69 Å². The molecule has 0 amide bonds. The van der Waals surface area contributed by atoms with Gasteiger partial charge in [-0.15, -0.1) is 0 Å². The fraction of sp³-hybridized carbons (Fsp3) is 0.400. The molecule has 1 aliphatic heterocycles. The highest BCUT2D eigenvalue weighted by atomic mass is 15.5. The van der Waals surface area contributed by atoms with Crippen molar-refractivity contribution in [2.75, 3.05) is 18.6 Å². The molecule has 0 unspecified atom stereocenters. The number of rotatable bonds is 0. The lowest BCUT2D eigenvalue weighted by Gasteiger charge is -2.29. The molecule has 0 spiro atoms. The topological polar surface area (TPSA) is 15.3 Å². The van der Waals surface area contributed by atoms with Crippen molar-refractivity contribution >= 4 is 5.69 Å². The first-order chi connectivity index (χ1) is 5.79. The third-order valence-electron chi connectivity index (χ3n) is 2.40. The third kappa shape index (κ3) is 1.08. The lowest BCUT2D eigenvalue weighted by atomic mass is 10.0. The summed E-state index contributed by atoms with van der Waals surface area (Å²) in [7, 11) is 2.07. The Morgan fingerprint density at radius 3 is 3.00 bits per heavy atom. The van der Waals surface area contributed by atoms with Crippen LogP contribution in [0.1, 0.15) is 11.1 Å². The fourth-order valence-corrected chi connectivity index (χ4v) is 1.84. The zero-order valence-electron chi connectivity index (χ0n) is 7.59. The monoisotopic (exact) mass is 162 g/mol. The molecule has 0 saturated carbocycles. The Morgan fingerprint density at radius 1 is 1.42 bits per heavy atom. The van der Waals surface area contributed by atoms with Crippen LogP contribution >= 0.6 is 0 Å². The lowest BCUT2D eigenvalue weighted by Crippen LogP contribution is -2.40. The van der Waals surface area contributed by atoms with Gasteiger partial charge < -0.3 is 5.01 Å². The third-order valence-corrected chi connectivity index (χ3v) is 2.40. The minimum absolute atomic E-state index is 1.05. The molecule has 0 bridgehead atoms. The molecule has 64 valence electrons. The summed E-state index contributed by atoms with van der Waals surface area (Å²) in [6.07, 6.45) is 1.14. The minimum Gasteiger partial charge on any atom is -0.311 e. The van der Waals surface area contributed by atoms with Gasteiger partial charge in [-0.05, 0) is 24.5 Å². The van der Waals surface area contributed by atoms with Crippen molar-refractivity contribution in [3.05, 3.63) is 29.3 Å². The van der Waals surface area contributed by atoms with Crippen molar-refractivity contribution in [3.63, 3.8) is 0 Å². The van der Waals surface area contributed by atoms with Crippen LogP contribution in [0.4, 0.5) is 5.69 Å². The first kappa shape index (κ1) is 7.62. The average Bonchev–Trinajstić information content (AvgIpc) is 2.04. The maximum atomic E-state index is 3.31. The number of benzene rings is 1. The standard InChI is InChI=1S/C10H14N2/c1-8-4-3-5-9-6-7-11-12(2)10(8)9/h3-5,11H,6-7H2,1-2H3. The summed E-state index contributed by atoms with van der Waals surface area (Å²) in [4.78, 5) is 0. The zero-order valence-corrected chi connectivity index (χ0v) is 7.59. The molecule has 1 aromatic rings. The van der Waals surface area contributed by atoms with Crippen LogP contribution in [0.3, 0.4) is 0 Å². The summed E-state index contributed by atoms with van der Waals surface area (Å²) < 4.78 is 0. The van der Waals surface area contributed by atoms with Crippen molar-refractivity contribution in [1.82, 2.24) is 5.43 Å². The van der Waals surface area contributed by atoms with Crippen molar-refractivity contribution in [1.29, 1.82) is 0 Å². The maximum Gasteiger partial charge on any atom is 0.0577 e. The van der Waals surface area contributed by atoms with Crippen molar-refractivity contribution in [2.45, 2.75) is 13.3 Å². The zero-order chi connectivity index (χ0) is 8.55. The molecular formula is C10H14N2. The smallest absolute Gasteiger partial charge is 0.0577 e. The van der Waals surface area contributed by atoms with Gasteiger partial charge in [0, 0.05) is 13.6 Å². The van der Waals surface area contributed by atoms with Crippen LogP contribution in [0.15, 0.2) is 18.2 Å². The van der Waals surface area contributed by atoms with Gasteiger partial charge in [0.2, 0.25) is 0 Å². The molecule has 1 aliphatic rings. The number of aryl methyl sites for hydroxylation is 1. The van der Waals surface area contributed by atoms with E-state index in [0.29, 0.717) is 0 Å². The number of para-hydroxylation sites is 1. The summed E-state index contributed by atoms with van der Waals surface area (Å²) in [5, 5.41) is 2.12. The Balaban J connectivity index is 2.53. The van der Waals surface area contributed by atoms with Crippen LogP contribution in [-0.2, 0) is 6.42 Å². The van der Waals surface area contributed by atoms with E-state index in [2.05, 4.69) is 42.6 Å². The SMILES string of the molecule is Cc1cccc2c1N(C)NCC2. The van der Waals surface area contributed by atoms with Crippen LogP contribution in [0, 0.1) is 6.92 Å². The number of nitrogens with zero attached hydrogens (tertiary/aromatic N) is 1. The van der Waals surface area contributed by atoms with E-state index in [0.717, 1.165) is 13.0 Å². The first-order valence-electron chi connectivity index (χ1n) is 4.35. The molecular weight excluding hydrogens is 148 g/mol. The van der Waals surface area contributed by atoms with Gasteiger partial charge in [0.1, 0.15) is 0 Å². The van der Waals surface area contributed by atoms with Crippen LogP contribution in [0.25, 0.3) is 0 Å². The quantitative estimate of drug-likeness (QED) is 0.621. The van der Waals surface area contributed by atoms with Crippen molar-refractivity contribution in [3.8, 4) is 0 Å². The summed E-state index contributed by atoms with van der Waals surface area (Å²) >= 11 is 0. The van der Waals surface area contributed by atoms with Crippen molar-refractivity contribution < 1.29 is 0 Å². The van der Waals surface area contributed by atoms with Crippen molar-refractivity contribution in [2.24, 2.45) is 0 Å². The number of anilines is 1. The van der Waals surface area contributed by atoms with E-state index in [-0.39, 0.29) is 0 Å². The maximum absolute atomic E-state index is 3.31. The van der Waals surface area contributed by atoms with Gasteiger partial charge in [0.15, 0.2) is 0 Å². The number of fused-ring (bicyclic) bond motifs is 1. The molecule has 1 heterocycles. The second kappa shape index (κ2) is 2.79. The predicted octanol–water partition coefficient (Wildman–Crippen LogP) is 1.49. The lowest BCUT2D eigenvalue weighted by molar-refractivity contribution is 0.639. The largest absolute Gasteiger partial charge is 0.311 e. The van der Waals surface area contributed by atoms with E-state index in [4.69, 9.17) is 0 Å². The summed E-state index contributed by atoms with van der Waals surface area (Å²) in [6.45, 7) is 3.20. The van der Waals surface area contributed by atoms with Crippen LogP contribution < -0.4 is 10.4 Å². The van der Waals surface area contributed by atoms with E-state index < -0.39 is 0 Å². The van der Waals surface area contributed by atoms with Gasteiger partial charge in [0.25, 0.3) is 0 Å². The minimum atomic E-state index is 1.05. The van der Waals surface area contributed by atoms with Crippen LogP contribution in [0.5, 0.6) is 0 Å². The molecule has 1 N–H and O–H groups in total. The summed E-state index contributed by atoms with van der Waals surface area (Å²) in [5.41, 5.74) is 7.47. The fourth-order valence-electron chi connectivity index (χ4n) is 1.84. The molecule has 0 radical (unpaired) electrons. The Bertz CT molecular complexity index is 294. The van der Waals surface area contributed by atoms with Gasteiger partial charge >= 0.3 is 0 Å². The average molecular weight is 162 g/mol. The Hall–Kier alpha value is -1.02. The van der Waals surface area contributed by atoms with E-state index in [1.807, 2.05) is 0 Å². The Morgan fingerprint density at radius 2 is 2.25 bits per heavy atom. The molecule has 0 aromatic heterocycles. The molecule has 0 saturated heterocycles. The normalized spacial score (nSPS) is 16.0. The molecule has 0 atom stereocenters. The first-order valence-corrected chi connectivity index (χ1v) is 4.35. The van der Waals surface area contributed by atoms with Crippen LogP contribution in [-0.4, -0.2) is 13.6 Å². The van der Waals surface area contributed by atoms with Gasteiger partial charge in [-0.1, -0.05) is 18.2 Å². The molecule has 2 rings (SSSR count). The van der Waals surface area contributed by atoms with E-state index >= 15 is 0 Å². The van der Waals surface area contributed by atoms with Gasteiger partial charge in [-0.3, -0.25) is 0 Å². The van der Waals surface area contributed by atoms with Crippen LogP contribution in [0.2, 0.25) is 0 Å². The highest BCUT2D eigenvalue weighted by Gasteiger charge is 2.13. The molecule has 0 aliphatic carbocycles. The number of nitrogens with one attached hydrogen (secondary N) is 1. The molecule has 12 heavy (non-hydrogen) atoms.